The van der Waals surface area contributed by atoms with E-state index < -0.39 is 0 Å². The summed E-state index contributed by atoms with van der Waals surface area (Å²) in [5.74, 6) is -0.162. The van der Waals surface area contributed by atoms with Gasteiger partial charge in [-0.3, -0.25) is 4.79 Å². The molecule has 1 amide bonds. The number of anilines is 1. The molecule has 5 heteroatoms. The Kier molecular flexibility index (Phi) is 5.17. The second kappa shape index (κ2) is 6.88. The van der Waals surface area contributed by atoms with Crippen LogP contribution < -0.4 is 11.1 Å². The summed E-state index contributed by atoms with van der Waals surface area (Å²) in [7, 11) is 0. The maximum atomic E-state index is 12.0. The minimum atomic E-state index is -0.328. The van der Waals surface area contributed by atoms with E-state index in [2.05, 4.69) is 21.2 Å². The van der Waals surface area contributed by atoms with Gasteiger partial charge < -0.3 is 11.1 Å². The number of hydrogen-bond acceptors (Lipinski definition) is 2. The Morgan fingerprint density at radius 3 is 2.60 bits per heavy atom. The van der Waals surface area contributed by atoms with E-state index >= 15 is 0 Å². The smallest absolute Gasteiger partial charge is 0.226 e. The Bertz CT molecular complexity index is 604. The fourth-order valence-electron chi connectivity index (χ4n) is 1.81. The molecule has 0 aliphatic rings. The van der Waals surface area contributed by atoms with Crippen LogP contribution in [0.5, 0.6) is 0 Å². The van der Waals surface area contributed by atoms with Crippen LogP contribution in [0.1, 0.15) is 18.0 Å². The van der Waals surface area contributed by atoms with Crippen molar-refractivity contribution in [2.75, 3.05) is 5.32 Å². The average molecular weight is 354 g/mol. The van der Waals surface area contributed by atoms with E-state index in [9.17, 15) is 4.79 Å². The molecule has 0 aliphatic heterocycles. The van der Waals surface area contributed by atoms with E-state index in [0.717, 1.165) is 10.0 Å². The van der Waals surface area contributed by atoms with Crippen LogP contribution in [0.15, 0.2) is 53.0 Å². The van der Waals surface area contributed by atoms with Crippen molar-refractivity contribution >= 4 is 39.1 Å². The molecule has 0 saturated heterocycles. The van der Waals surface area contributed by atoms with Gasteiger partial charge in [0.15, 0.2) is 0 Å². The average Bonchev–Trinajstić information content (AvgIpc) is 2.43. The van der Waals surface area contributed by atoms with E-state index in [-0.39, 0.29) is 18.4 Å². The van der Waals surface area contributed by atoms with Crippen LogP contribution in [-0.2, 0) is 4.79 Å². The Morgan fingerprint density at radius 1 is 1.25 bits per heavy atom. The third kappa shape index (κ3) is 4.07. The third-order valence-electron chi connectivity index (χ3n) is 2.84. The van der Waals surface area contributed by atoms with Crippen LogP contribution in [0.2, 0.25) is 5.02 Å². The van der Waals surface area contributed by atoms with Crippen molar-refractivity contribution in [1.29, 1.82) is 0 Å². The molecule has 3 N–H and O–H groups in total. The highest BCUT2D eigenvalue weighted by Gasteiger charge is 2.12. The first-order chi connectivity index (χ1) is 9.56. The number of nitrogens with two attached hydrogens (primary N) is 1. The largest absolute Gasteiger partial charge is 0.325 e. The summed E-state index contributed by atoms with van der Waals surface area (Å²) in [5.41, 5.74) is 7.53. The lowest BCUT2D eigenvalue weighted by Crippen LogP contribution is -2.20. The first-order valence-electron chi connectivity index (χ1n) is 6.11. The third-order valence-corrected chi connectivity index (χ3v) is 3.64. The maximum Gasteiger partial charge on any atom is 0.226 e. The van der Waals surface area contributed by atoms with Gasteiger partial charge in [-0.2, -0.15) is 0 Å². The van der Waals surface area contributed by atoms with E-state index in [4.69, 9.17) is 17.3 Å². The van der Waals surface area contributed by atoms with Crippen LogP contribution in [-0.4, -0.2) is 5.91 Å². The van der Waals surface area contributed by atoms with Gasteiger partial charge in [0.2, 0.25) is 5.91 Å². The van der Waals surface area contributed by atoms with Gasteiger partial charge in [0, 0.05) is 16.9 Å². The van der Waals surface area contributed by atoms with E-state index in [1.807, 2.05) is 36.4 Å². The summed E-state index contributed by atoms with van der Waals surface area (Å²) in [6.07, 6.45) is 0.205. The first kappa shape index (κ1) is 15.0. The van der Waals surface area contributed by atoms with Gasteiger partial charge in [0.25, 0.3) is 0 Å². The Balaban J connectivity index is 1.99. The first-order valence-corrected chi connectivity index (χ1v) is 7.29. The summed E-state index contributed by atoms with van der Waals surface area (Å²) in [5, 5.41) is 3.25. The molecule has 2 rings (SSSR count). The van der Waals surface area contributed by atoms with Gasteiger partial charge in [0.1, 0.15) is 0 Å². The highest BCUT2D eigenvalue weighted by atomic mass is 79.9. The molecule has 0 saturated carbocycles. The summed E-state index contributed by atoms with van der Waals surface area (Å²) in [4.78, 5) is 12.0. The molecule has 3 nitrogen and oxygen atoms in total. The number of hydrogen-bond donors (Lipinski definition) is 2. The second-order valence-electron chi connectivity index (χ2n) is 4.39. The van der Waals surface area contributed by atoms with Crippen LogP contribution in [0.25, 0.3) is 0 Å². The lowest BCUT2D eigenvalue weighted by molar-refractivity contribution is -0.116. The Hall–Kier alpha value is -1.36. The monoisotopic (exact) mass is 352 g/mol. The summed E-state index contributed by atoms with van der Waals surface area (Å²) in [6, 6.07) is 14.5. The molecule has 2 aromatic carbocycles. The number of carbonyl (C=O) groups is 1. The predicted molar refractivity (Wildman–Crippen MR) is 85.8 cm³/mol. The standard InChI is InChI=1S/C15H14BrClN2O/c16-11-6-7-14(12(17)8-11)19-15(20)9-13(18)10-4-2-1-3-5-10/h1-8,13H,9,18H2,(H,19,20). The minimum Gasteiger partial charge on any atom is -0.325 e. The predicted octanol–water partition coefficient (Wildman–Crippen LogP) is 4.13. The molecule has 1 unspecified atom stereocenters. The zero-order valence-corrected chi connectivity index (χ0v) is 13.0. The van der Waals surface area contributed by atoms with Crippen molar-refractivity contribution in [2.24, 2.45) is 5.73 Å². The number of amides is 1. The molecule has 0 radical (unpaired) electrons. The van der Waals surface area contributed by atoms with Gasteiger partial charge in [-0.25, -0.2) is 0 Å². The van der Waals surface area contributed by atoms with Crippen LogP contribution in [0.3, 0.4) is 0 Å². The molecule has 104 valence electrons. The zero-order valence-electron chi connectivity index (χ0n) is 10.6. The summed E-state index contributed by atoms with van der Waals surface area (Å²) < 4.78 is 0.862. The topological polar surface area (TPSA) is 55.1 Å². The van der Waals surface area contributed by atoms with Crippen LogP contribution in [0, 0.1) is 0 Å². The molecule has 0 spiro atoms. The molecule has 0 heterocycles. The maximum absolute atomic E-state index is 12.0. The van der Waals surface area contributed by atoms with Crippen molar-refractivity contribution < 1.29 is 4.79 Å². The van der Waals surface area contributed by atoms with Gasteiger partial charge >= 0.3 is 0 Å². The summed E-state index contributed by atoms with van der Waals surface area (Å²) >= 11 is 9.37. The van der Waals surface area contributed by atoms with E-state index in [1.54, 1.807) is 12.1 Å². The zero-order chi connectivity index (χ0) is 14.5. The van der Waals surface area contributed by atoms with Gasteiger partial charge in [-0.15, -0.1) is 0 Å². The van der Waals surface area contributed by atoms with Crippen molar-refractivity contribution in [3.05, 3.63) is 63.6 Å². The molecule has 2 aromatic rings. The SMILES string of the molecule is NC(CC(=O)Nc1ccc(Br)cc1Cl)c1ccccc1. The van der Waals surface area contributed by atoms with Crippen LogP contribution >= 0.6 is 27.5 Å². The van der Waals surface area contributed by atoms with Crippen molar-refractivity contribution in [1.82, 2.24) is 0 Å². The molecule has 0 bridgehead atoms. The molecule has 1 atom stereocenters. The molecule has 0 fully saturated rings. The Morgan fingerprint density at radius 2 is 1.95 bits per heavy atom. The molecule has 0 aliphatic carbocycles. The molecule has 20 heavy (non-hydrogen) atoms. The lowest BCUT2D eigenvalue weighted by Gasteiger charge is -2.13. The normalized spacial score (nSPS) is 11.9. The molecular weight excluding hydrogens is 340 g/mol. The summed E-state index contributed by atoms with van der Waals surface area (Å²) in [6.45, 7) is 0. The lowest BCUT2D eigenvalue weighted by atomic mass is 10.0. The van der Waals surface area contributed by atoms with Gasteiger partial charge in [-0.05, 0) is 23.8 Å². The van der Waals surface area contributed by atoms with Crippen LogP contribution in [0.4, 0.5) is 5.69 Å². The van der Waals surface area contributed by atoms with Crippen molar-refractivity contribution in [2.45, 2.75) is 12.5 Å². The fraction of sp³-hybridized carbons (Fsp3) is 0.133. The number of halogens is 2. The minimum absolute atomic E-state index is 0.162. The number of benzene rings is 2. The Labute approximate surface area is 131 Å². The highest BCUT2D eigenvalue weighted by molar-refractivity contribution is 9.10. The van der Waals surface area contributed by atoms with Gasteiger partial charge in [0.05, 0.1) is 10.7 Å². The van der Waals surface area contributed by atoms with E-state index in [1.165, 1.54) is 0 Å². The highest BCUT2D eigenvalue weighted by Crippen LogP contribution is 2.26. The number of nitrogens with one attached hydrogen (secondary N) is 1. The quantitative estimate of drug-likeness (QED) is 0.868. The number of rotatable bonds is 4. The molecule has 0 aromatic heterocycles. The number of carbonyl (C=O) groups excluding carboxylic acids is 1. The van der Waals surface area contributed by atoms with Gasteiger partial charge in [-0.1, -0.05) is 57.9 Å². The second-order valence-corrected chi connectivity index (χ2v) is 5.72. The molecular formula is C15H14BrClN2O. The van der Waals surface area contributed by atoms with E-state index in [0.29, 0.717) is 10.7 Å². The van der Waals surface area contributed by atoms with Crippen molar-refractivity contribution in [3.8, 4) is 0 Å². The fourth-order valence-corrected chi connectivity index (χ4v) is 2.53. The van der Waals surface area contributed by atoms with Crippen molar-refractivity contribution in [3.63, 3.8) is 0 Å².